The van der Waals surface area contributed by atoms with Crippen LogP contribution in [0, 0.1) is 5.92 Å². The Labute approximate surface area is 179 Å². The van der Waals surface area contributed by atoms with E-state index in [2.05, 4.69) is 44.4 Å². The molecular weight excluding hydrogens is 453 g/mol. The van der Waals surface area contributed by atoms with Gasteiger partial charge in [0, 0.05) is 33.2 Å². The second-order valence-electron chi connectivity index (χ2n) is 7.31. The fraction of sp³-hybridized carbons (Fsp3) is 0.600. The summed E-state index contributed by atoms with van der Waals surface area (Å²) >= 11 is 0. The number of carbonyl (C=O) groups excluding carboxylic acids is 1. The number of hydrogen-bond acceptors (Lipinski definition) is 3. The molecule has 7 heteroatoms. The fourth-order valence-corrected chi connectivity index (χ4v) is 4.00. The van der Waals surface area contributed by atoms with E-state index < -0.39 is 0 Å². The predicted molar refractivity (Wildman–Crippen MR) is 120 cm³/mol. The molecule has 1 aromatic carbocycles. The van der Waals surface area contributed by atoms with Crippen molar-refractivity contribution < 1.29 is 4.79 Å². The number of amides is 1. The van der Waals surface area contributed by atoms with Crippen LogP contribution < -0.4 is 11.1 Å². The number of rotatable bonds is 5. The number of halogens is 1. The summed E-state index contributed by atoms with van der Waals surface area (Å²) in [6.07, 6.45) is 4.11. The van der Waals surface area contributed by atoms with Gasteiger partial charge in [-0.2, -0.15) is 0 Å². The minimum atomic E-state index is -0.154. The molecule has 2 heterocycles. The van der Waals surface area contributed by atoms with Gasteiger partial charge in [-0.1, -0.05) is 24.3 Å². The molecular formula is C20H32IN5O. The molecule has 6 nitrogen and oxygen atoms in total. The van der Waals surface area contributed by atoms with Gasteiger partial charge in [-0.3, -0.25) is 9.79 Å². The largest absolute Gasteiger partial charge is 0.369 e. The van der Waals surface area contributed by atoms with Crippen LogP contribution in [0.4, 0.5) is 0 Å². The van der Waals surface area contributed by atoms with Gasteiger partial charge in [-0.15, -0.1) is 24.0 Å². The number of nitrogens with one attached hydrogen (secondary N) is 1. The number of guanidine groups is 1. The number of likely N-dealkylation sites (tertiary alicyclic amines) is 1. The van der Waals surface area contributed by atoms with E-state index in [9.17, 15) is 4.79 Å². The molecule has 3 N–H and O–H groups in total. The van der Waals surface area contributed by atoms with Crippen molar-refractivity contribution in [3.05, 3.63) is 35.4 Å². The predicted octanol–water partition coefficient (Wildman–Crippen LogP) is 1.83. The zero-order valence-electron chi connectivity index (χ0n) is 16.2. The van der Waals surface area contributed by atoms with E-state index in [1.54, 1.807) is 0 Å². The third-order valence-corrected chi connectivity index (χ3v) is 5.48. The molecule has 0 spiro atoms. The first-order chi connectivity index (χ1) is 12.7. The third-order valence-electron chi connectivity index (χ3n) is 5.48. The van der Waals surface area contributed by atoms with Crippen molar-refractivity contribution in [2.45, 2.75) is 32.2 Å². The van der Waals surface area contributed by atoms with Gasteiger partial charge in [0.15, 0.2) is 5.96 Å². The van der Waals surface area contributed by atoms with Gasteiger partial charge in [0.05, 0.1) is 5.92 Å². The zero-order chi connectivity index (χ0) is 18.4. The molecule has 0 aromatic heterocycles. The maximum absolute atomic E-state index is 11.4. The molecule has 3 rings (SSSR count). The van der Waals surface area contributed by atoms with Crippen molar-refractivity contribution in [2.75, 3.05) is 39.8 Å². The Morgan fingerprint density at radius 3 is 2.81 bits per heavy atom. The number of hydrogen-bond donors (Lipinski definition) is 2. The van der Waals surface area contributed by atoms with Crippen molar-refractivity contribution in [3.63, 3.8) is 0 Å². The maximum atomic E-state index is 11.4. The minimum absolute atomic E-state index is 0. The van der Waals surface area contributed by atoms with Crippen molar-refractivity contribution in [1.82, 2.24) is 15.1 Å². The smallest absolute Gasteiger partial charge is 0.221 e. The minimum Gasteiger partial charge on any atom is -0.369 e. The molecule has 0 bridgehead atoms. The van der Waals surface area contributed by atoms with E-state index >= 15 is 0 Å². The second-order valence-corrected chi connectivity index (χ2v) is 7.31. The van der Waals surface area contributed by atoms with Crippen LogP contribution in [0.5, 0.6) is 0 Å². The number of aliphatic imine (C=N–C) groups is 1. The molecule has 1 aromatic rings. The molecule has 0 radical (unpaired) electrons. The Bertz CT molecular complexity index is 651. The summed E-state index contributed by atoms with van der Waals surface area (Å²) in [4.78, 5) is 20.5. The molecule has 1 amide bonds. The highest BCUT2D eigenvalue weighted by molar-refractivity contribution is 14.0. The van der Waals surface area contributed by atoms with Crippen LogP contribution >= 0.6 is 24.0 Å². The summed E-state index contributed by atoms with van der Waals surface area (Å²) in [6, 6.07) is 8.66. The summed E-state index contributed by atoms with van der Waals surface area (Å²) in [6.45, 7) is 5.69. The average Bonchev–Trinajstić information content (AvgIpc) is 2.68. The van der Waals surface area contributed by atoms with Crippen LogP contribution in [0.3, 0.4) is 0 Å². The van der Waals surface area contributed by atoms with E-state index in [1.165, 1.54) is 11.1 Å². The highest BCUT2D eigenvalue weighted by Gasteiger charge is 2.23. The summed E-state index contributed by atoms with van der Waals surface area (Å²) in [7, 11) is 1.85. The Kier molecular flexibility index (Phi) is 8.82. The zero-order valence-corrected chi connectivity index (χ0v) is 18.5. The Balaban J connectivity index is 0.00000261. The molecule has 1 unspecified atom stereocenters. The van der Waals surface area contributed by atoms with Crippen LogP contribution in [0.1, 0.15) is 30.4 Å². The van der Waals surface area contributed by atoms with E-state index in [4.69, 9.17) is 5.73 Å². The van der Waals surface area contributed by atoms with Gasteiger partial charge in [-0.05, 0) is 49.9 Å². The first-order valence-electron chi connectivity index (χ1n) is 9.71. The lowest BCUT2D eigenvalue weighted by Crippen LogP contribution is -2.45. The standard InChI is InChI=1S/C20H31N5O.HI/c1-22-20(25-13-9-16-6-2-3-7-17(16)15-25)23-10-5-12-24-11-4-8-18(14-24)19(21)26;/h2-3,6-7,18H,4-5,8-15H2,1H3,(H2,21,26)(H,22,23);1H. The summed E-state index contributed by atoms with van der Waals surface area (Å²) in [5.74, 6) is 0.852. The van der Waals surface area contributed by atoms with Crippen LogP contribution in [-0.4, -0.2) is 61.4 Å². The molecule has 27 heavy (non-hydrogen) atoms. The average molecular weight is 485 g/mol. The molecule has 0 saturated carbocycles. The van der Waals surface area contributed by atoms with Crippen LogP contribution in [-0.2, 0) is 17.8 Å². The highest BCUT2D eigenvalue weighted by Crippen LogP contribution is 2.18. The maximum Gasteiger partial charge on any atom is 0.221 e. The number of fused-ring (bicyclic) bond motifs is 1. The summed E-state index contributed by atoms with van der Waals surface area (Å²) < 4.78 is 0. The molecule has 1 fully saturated rings. The normalized spacial score (nSPS) is 20.6. The third kappa shape index (κ3) is 6.07. The molecule has 0 aliphatic carbocycles. The highest BCUT2D eigenvalue weighted by atomic mass is 127. The van der Waals surface area contributed by atoms with Gasteiger partial charge in [0.1, 0.15) is 0 Å². The van der Waals surface area contributed by atoms with E-state index in [0.29, 0.717) is 0 Å². The van der Waals surface area contributed by atoms with Gasteiger partial charge < -0.3 is 20.9 Å². The van der Waals surface area contributed by atoms with Crippen molar-refractivity contribution >= 4 is 35.8 Å². The number of nitrogens with two attached hydrogens (primary N) is 1. The summed E-state index contributed by atoms with van der Waals surface area (Å²) in [5.41, 5.74) is 8.31. The molecule has 150 valence electrons. The van der Waals surface area contributed by atoms with Crippen molar-refractivity contribution in [3.8, 4) is 0 Å². The number of benzene rings is 1. The Morgan fingerprint density at radius 2 is 2.07 bits per heavy atom. The lowest BCUT2D eigenvalue weighted by Gasteiger charge is -2.32. The lowest BCUT2D eigenvalue weighted by atomic mass is 9.97. The van der Waals surface area contributed by atoms with E-state index in [0.717, 1.165) is 70.9 Å². The van der Waals surface area contributed by atoms with Gasteiger partial charge in [-0.25, -0.2) is 0 Å². The van der Waals surface area contributed by atoms with E-state index in [-0.39, 0.29) is 35.8 Å². The van der Waals surface area contributed by atoms with Gasteiger partial charge in [0.2, 0.25) is 5.91 Å². The molecule has 2 aliphatic rings. The first kappa shape index (κ1) is 21.9. The van der Waals surface area contributed by atoms with Crippen molar-refractivity contribution in [1.29, 1.82) is 0 Å². The van der Waals surface area contributed by atoms with Crippen molar-refractivity contribution in [2.24, 2.45) is 16.6 Å². The summed E-state index contributed by atoms with van der Waals surface area (Å²) in [5, 5.41) is 3.50. The number of carbonyl (C=O) groups is 1. The van der Waals surface area contributed by atoms with E-state index in [1.807, 2.05) is 7.05 Å². The number of nitrogens with zero attached hydrogens (tertiary/aromatic N) is 3. The fourth-order valence-electron chi connectivity index (χ4n) is 4.00. The quantitative estimate of drug-likeness (QED) is 0.289. The monoisotopic (exact) mass is 485 g/mol. The number of primary amides is 1. The molecule has 1 atom stereocenters. The SMILES string of the molecule is CN=C(NCCCN1CCCC(C(N)=O)C1)N1CCc2ccccc2C1.I. The number of piperidine rings is 1. The van der Waals surface area contributed by atoms with Crippen LogP contribution in [0.2, 0.25) is 0 Å². The first-order valence-corrected chi connectivity index (χ1v) is 9.71. The second kappa shape index (κ2) is 10.8. The Morgan fingerprint density at radius 1 is 1.30 bits per heavy atom. The topological polar surface area (TPSA) is 74.0 Å². The van der Waals surface area contributed by atoms with Gasteiger partial charge >= 0.3 is 0 Å². The lowest BCUT2D eigenvalue weighted by molar-refractivity contribution is -0.123. The van der Waals surface area contributed by atoms with Crippen LogP contribution in [0.25, 0.3) is 0 Å². The van der Waals surface area contributed by atoms with Gasteiger partial charge in [0.25, 0.3) is 0 Å². The Hall–Kier alpha value is -1.35. The van der Waals surface area contributed by atoms with Crippen LogP contribution in [0.15, 0.2) is 29.3 Å². The molecule has 1 saturated heterocycles. The molecule has 2 aliphatic heterocycles.